The lowest BCUT2D eigenvalue weighted by Crippen LogP contribution is -2.34. The van der Waals surface area contributed by atoms with E-state index in [1.165, 1.54) is 17.2 Å². The van der Waals surface area contributed by atoms with E-state index in [1.54, 1.807) is 12.1 Å². The minimum atomic E-state index is -1.23. The zero-order valence-corrected chi connectivity index (χ0v) is 21.0. The molecule has 0 saturated carbocycles. The number of nitrogens with zero attached hydrogens (tertiary/aromatic N) is 4. The van der Waals surface area contributed by atoms with E-state index in [4.69, 9.17) is 50.0 Å². The SMILES string of the molecule is Nc1ncnc2c1ncn2[C@@H]1O[C@H](COCC(c2cccc(Cl)c2)c2cc(Cl)cc(Cl)c2)[C@@H](O)[C@H]1O. The Morgan fingerprint density at radius 2 is 1.72 bits per heavy atom. The van der Waals surface area contributed by atoms with Crippen molar-refractivity contribution in [3.8, 4) is 0 Å². The number of anilines is 1. The molecule has 188 valence electrons. The zero-order valence-electron chi connectivity index (χ0n) is 18.7. The Bertz CT molecular complexity index is 1370. The molecule has 2 aromatic heterocycles. The number of halogens is 3. The van der Waals surface area contributed by atoms with Crippen molar-refractivity contribution in [2.75, 3.05) is 18.9 Å². The third kappa shape index (κ3) is 5.01. The summed E-state index contributed by atoms with van der Waals surface area (Å²) < 4.78 is 13.5. The Morgan fingerprint density at radius 1 is 0.972 bits per heavy atom. The molecule has 0 radical (unpaired) electrons. The van der Waals surface area contributed by atoms with E-state index in [-0.39, 0.29) is 24.9 Å². The molecule has 1 aliphatic heterocycles. The predicted molar refractivity (Wildman–Crippen MR) is 136 cm³/mol. The Kier molecular flexibility index (Phi) is 7.32. The molecule has 36 heavy (non-hydrogen) atoms. The van der Waals surface area contributed by atoms with Gasteiger partial charge in [0.15, 0.2) is 17.7 Å². The van der Waals surface area contributed by atoms with Gasteiger partial charge in [-0.2, -0.15) is 0 Å². The summed E-state index contributed by atoms with van der Waals surface area (Å²) in [6.07, 6.45) is -1.42. The van der Waals surface area contributed by atoms with Crippen LogP contribution in [0.1, 0.15) is 23.3 Å². The van der Waals surface area contributed by atoms with Crippen molar-refractivity contribution in [1.29, 1.82) is 0 Å². The standard InChI is InChI=1S/C24H22Cl3N5O4/c25-14-3-1-2-12(4-14)17(13-5-15(26)7-16(27)6-13)8-35-9-18-20(33)21(34)24(36-18)32-11-31-19-22(28)29-10-30-23(19)32/h1-7,10-11,17-18,20-21,24,33-34H,8-9H2,(H2,28,29,30)/t17?,18-,20-,21-,24-/m1/s1. The van der Waals surface area contributed by atoms with Crippen molar-refractivity contribution in [1.82, 2.24) is 19.5 Å². The summed E-state index contributed by atoms with van der Waals surface area (Å²) in [7, 11) is 0. The molecule has 0 amide bonds. The topological polar surface area (TPSA) is 129 Å². The maximum absolute atomic E-state index is 10.7. The fourth-order valence-electron chi connectivity index (χ4n) is 4.34. The molecular weight excluding hydrogens is 529 g/mol. The van der Waals surface area contributed by atoms with Crippen LogP contribution in [0, 0.1) is 0 Å². The second-order valence-corrected chi connectivity index (χ2v) is 9.79. The molecule has 5 rings (SSSR count). The van der Waals surface area contributed by atoms with Gasteiger partial charge in [0.25, 0.3) is 0 Å². The Balaban J connectivity index is 1.32. The van der Waals surface area contributed by atoms with E-state index in [1.807, 2.05) is 30.3 Å². The van der Waals surface area contributed by atoms with Crippen LogP contribution in [-0.2, 0) is 9.47 Å². The van der Waals surface area contributed by atoms with E-state index >= 15 is 0 Å². The highest BCUT2D eigenvalue weighted by molar-refractivity contribution is 6.34. The summed E-state index contributed by atoms with van der Waals surface area (Å²) in [6, 6.07) is 12.7. The number of imidazole rings is 1. The number of benzene rings is 2. The monoisotopic (exact) mass is 549 g/mol. The number of fused-ring (bicyclic) bond motifs is 1. The van der Waals surface area contributed by atoms with Crippen molar-refractivity contribution < 1.29 is 19.7 Å². The number of rotatable bonds is 7. The molecule has 12 heteroatoms. The van der Waals surface area contributed by atoms with Crippen LogP contribution < -0.4 is 5.73 Å². The van der Waals surface area contributed by atoms with Crippen LogP contribution in [0.15, 0.2) is 55.1 Å². The Morgan fingerprint density at radius 3 is 2.47 bits per heavy atom. The number of hydrogen-bond acceptors (Lipinski definition) is 8. The van der Waals surface area contributed by atoms with Crippen molar-refractivity contribution >= 4 is 51.8 Å². The zero-order chi connectivity index (χ0) is 25.4. The van der Waals surface area contributed by atoms with Gasteiger partial charge in [-0.05, 0) is 41.5 Å². The van der Waals surface area contributed by atoms with Crippen LogP contribution in [-0.4, -0.2) is 61.3 Å². The summed E-state index contributed by atoms with van der Waals surface area (Å²) >= 11 is 18.7. The van der Waals surface area contributed by atoms with Crippen molar-refractivity contribution in [2.45, 2.75) is 30.5 Å². The fourth-order valence-corrected chi connectivity index (χ4v) is 5.08. The van der Waals surface area contributed by atoms with Gasteiger partial charge in [-0.3, -0.25) is 4.57 Å². The summed E-state index contributed by atoms with van der Waals surface area (Å²) in [5, 5.41) is 22.9. The average molecular weight is 551 g/mol. The van der Waals surface area contributed by atoms with Gasteiger partial charge < -0.3 is 25.4 Å². The molecule has 1 aliphatic rings. The first-order valence-electron chi connectivity index (χ1n) is 11.1. The van der Waals surface area contributed by atoms with Crippen LogP contribution in [0.2, 0.25) is 15.1 Å². The molecule has 0 spiro atoms. The molecule has 1 unspecified atom stereocenters. The minimum Gasteiger partial charge on any atom is -0.387 e. The summed E-state index contributed by atoms with van der Waals surface area (Å²) in [5.74, 6) is -0.0312. The van der Waals surface area contributed by atoms with Crippen molar-refractivity contribution in [3.05, 3.63) is 81.3 Å². The number of aliphatic hydroxyl groups excluding tert-OH is 2. The lowest BCUT2D eigenvalue weighted by atomic mass is 9.92. The first-order chi connectivity index (χ1) is 17.3. The van der Waals surface area contributed by atoms with Gasteiger partial charge in [0.2, 0.25) is 0 Å². The van der Waals surface area contributed by atoms with Gasteiger partial charge in [0.05, 0.1) is 19.5 Å². The van der Waals surface area contributed by atoms with E-state index < -0.39 is 24.5 Å². The molecule has 9 nitrogen and oxygen atoms in total. The number of ether oxygens (including phenoxy) is 2. The first-order valence-corrected chi connectivity index (χ1v) is 12.2. The summed E-state index contributed by atoms with van der Waals surface area (Å²) in [4.78, 5) is 12.3. The maximum atomic E-state index is 10.7. The second kappa shape index (κ2) is 10.5. The van der Waals surface area contributed by atoms with Crippen LogP contribution in [0.4, 0.5) is 5.82 Å². The van der Waals surface area contributed by atoms with Gasteiger partial charge in [-0.25, -0.2) is 15.0 Å². The molecule has 0 bridgehead atoms. The lowest BCUT2D eigenvalue weighted by molar-refractivity contribution is -0.0661. The van der Waals surface area contributed by atoms with E-state index in [0.717, 1.165) is 11.1 Å². The highest BCUT2D eigenvalue weighted by Crippen LogP contribution is 2.34. The number of aromatic nitrogens is 4. The molecule has 5 atom stereocenters. The lowest BCUT2D eigenvalue weighted by Gasteiger charge is -2.21. The van der Waals surface area contributed by atoms with Gasteiger partial charge >= 0.3 is 0 Å². The van der Waals surface area contributed by atoms with Gasteiger partial charge in [-0.15, -0.1) is 0 Å². The van der Waals surface area contributed by atoms with E-state index in [0.29, 0.717) is 26.2 Å². The highest BCUT2D eigenvalue weighted by Gasteiger charge is 2.44. The molecule has 2 aromatic carbocycles. The number of nitrogens with two attached hydrogens (primary N) is 1. The smallest absolute Gasteiger partial charge is 0.167 e. The van der Waals surface area contributed by atoms with E-state index in [9.17, 15) is 10.2 Å². The fraction of sp³-hybridized carbons (Fsp3) is 0.292. The van der Waals surface area contributed by atoms with E-state index in [2.05, 4.69) is 15.0 Å². The minimum absolute atomic E-state index is 0.0177. The average Bonchev–Trinajstić information content (AvgIpc) is 3.38. The normalized spacial score (nSPS) is 22.8. The largest absolute Gasteiger partial charge is 0.387 e. The molecule has 1 fully saturated rings. The predicted octanol–water partition coefficient (Wildman–Crippen LogP) is 3.84. The number of aliphatic hydroxyl groups is 2. The first kappa shape index (κ1) is 25.2. The summed E-state index contributed by atoms with van der Waals surface area (Å²) in [5.41, 5.74) is 8.38. The number of hydrogen-bond donors (Lipinski definition) is 3. The molecule has 4 aromatic rings. The Hall–Kier alpha value is -2.50. The number of nitrogen functional groups attached to an aromatic ring is 1. The van der Waals surface area contributed by atoms with Gasteiger partial charge in [0.1, 0.15) is 30.2 Å². The van der Waals surface area contributed by atoms with Crippen LogP contribution >= 0.6 is 34.8 Å². The van der Waals surface area contributed by atoms with Crippen LogP contribution in [0.5, 0.6) is 0 Å². The third-order valence-electron chi connectivity index (χ3n) is 6.10. The highest BCUT2D eigenvalue weighted by atomic mass is 35.5. The van der Waals surface area contributed by atoms with Crippen LogP contribution in [0.25, 0.3) is 11.2 Å². The molecule has 1 saturated heterocycles. The third-order valence-corrected chi connectivity index (χ3v) is 6.77. The second-order valence-electron chi connectivity index (χ2n) is 8.48. The van der Waals surface area contributed by atoms with Crippen molar-refractivity contribution in [2.24, 2.45) is 0 Å². The maximum Gasteiger partial charge on any atom is 0.167 e. The van der Waals surface area contributed by atoms with Gasteiger partial charge in [0, 0.05) is 21.0 Å². The molecule has 4 N–H and O–H groups in total. The molecule has 3 heterocycles. The van der Waals surface area contributed by atoms with Gasteiger partial charge in [-0.1, -0.05) is 46.9 Å². The van der Waals surface area contributed by atoms with Crippen molar-refractivity contribution in [3.63, 3.8) is 0 Å². The molecule has 0 aliphatic carbocycles. The summed E-state index contributed by atoms with van der Waals surface area (Å²) in [6.45, 7) is 0.242. The molecular formula is C24H22Cl3N5O4. The van der Waals surface area contributed by atoms with Crippen LogP contribution in [0.3, 0.4) is 0 Å². The Labute approximate surface area is 221 Å². The quantitative estimate of drug-likeness (QED) is 0.317.